The van der Waals surface area contributed by atoms with Gasteiger partial charge in [0.2, 0.25) is 0 Å². The first-order valence-electron chi connectivity index (χ1n) is 9.94. The van der Waals surface area contributed by atoms with Crippen LogP contribution in [-0.4, -0.2) is 24.7 Å². The van der Waals surface area contributed by atoms with Crippen LogP contribution in [0, 0.1) is 13.8 Å². The number of nitrogens with zero attached hydrogens (tertiary/aromatic N) is 5. The molecule has 0 aliphatic heterocycles. The monoisotopic (exact) mass is 427 g/mol. The average Bonchev–Trinajstić information content (AvgIpc) is 3.40. The zero-order valence-corrected chi connectivity index (χ0v) is 18.0. The van der Waals surface area contributed by atoms with Gasteiger partial charge in [-0.15, -0.1) is 0 Å². The Morgan fingerprint density at radius 2 is 1.81 bits per heavy atom. The van der Waals surface area contributed by atoms with Crippen LogP contribution < -0.4 is 10.6 Å². The lowest BCUT2D eigenvalue weighted by Crippen LogP contribution is -2.01. The van der Waals surface area contributed by atoms with Crippen LogP contribution in [0.3, 0.4) is 0 Å². The van der Waals surface area contributed by atoms with Gasteiger partial charge >= 0.3 is 0 Å². The molecular formula is C23H21N7S. The molecule has 0 aliphatic rings. The van der Waals surface area contributed by atoms with E-state index in [0.717, 1.165) is 43.9 Å². The van der Waals surface area contributed by atoms with Gasteiger partial charge in [0, 0.05) is 24.3 Å². The topological polar surface area (TPSA) is 80.5 Å². The zero-order valence-electron chi connectivity index (χ0n) is 17.2. The summed E-state index contributed by atoms with van der Waals surface area (Å²) < 4.78 is 1.88. The minimum Gasteiger partial charge on any atom is -0.340 e. The molecule has 0 radical (unpaired) electrons. The maximum absolute atomic E-state index is 4.76. The van der Waals surface area contributed by atoms with Crippen molar-refractivity contribution < 1.29 is 0 Å². The van der Waals surface area contributed by atoms with Gasteiger partial charge in [0.25, 0.3) is 0 Å². The van der Waals surface area contributed by atoms with E-state index >= 15 is 0 Å². The van der Waals surface area contributed by atoms with Gasteiger partial charge in [0.1, 0.15) is 22.0 Å². The highest BCUT2D eigenvalue weighted by Crippen LogP contribution is 2.31. The summed E-state index contributed by atoms with van der Waals surface area (Å²) in [5, 5.41) is 11.7. The molecule has 5 aromatic rings. The second-order valence-corrected chi connectivity index (χ2v) is 8.34. The number of aryl methyl sites for hydroxylation is 2. The molecule has 0 amide bonds. The highest BCUT2D eigenvalue weighted by molar-refractivity contribution is 7.21. The number of hydrogen-bond donors (Lipinski definition) is 2. The van der Waals surface area contributed by atoms with Gasteiger partial charge < -0.3 is 10.6 Å². The fraction of sp³-hybridized carbons (Fsp3) is 0.130. The summed E-state index contributed by atoms with van der Waals surface area (Å²) in [5.74, 6) is 1.56. The van der Waals surface area contributed by atoms with Gasteiger partial charge in [-0.3, -0.25) is 4.68 Å². The van der Waals surface area contributed by atoms with Gasteiger partial charge in [-0.2, -0.15) is 5.10 Å². The predicted molar refractivity (Wildman–Crippen MR) is 125 cm³/mol. The number of thiazole rings is 1. The van der Waals surface area contributed by atoms with Crippen molar-refractivity contribution in [2.24, 2.45) is 0 Å². The normalized spacial score (nSPS) is 11.0. The van der Waals surface area contributed by atoms with Crippen LogP contribution in [0.5, 0.6) is 0 Å². The second-order valence-electron chi connectivity index (χ2n) is 7.37. The molecule has 0 bridgehead atoms. The van der Waals surface area contributed by atoms with Crippen molar-refractivity contribution in [1.29, 1.82) is 0 Å². The van der Waals surface area contributed by atoms with Crippen molar-refractivity contribution in [3.63, 3.8) is 0 Å². The van der Waals surface area contributed by atoms with Crippen LogP contribution in [0.25, 0.3) is 10.3 Å². The van der Waals surface area contributed by atoms with Crippen molar-refractivity contribution in [3.8, 4) is 0 Å². The fourth-order valence-electron chi connectivity index (χ4n) is 3.29. The Balaban J connectivity index is 1.37. The number of benzene rings is 1. The first-order chi connectivity index (χ1) is 15.1. The van der Waals surface area contributed by atoms with Gasteiger partial charge in [0.05, 0.1) is 6.54 Å². The van der Waals surface area contributed by atoms with Crippen LogP contribution in [-0.2, 0) is 6.54 Å². The Hall–Kier alpha value is -3.78. The van der Waals surface area contributed by atoms with E-state index in [4.69, 9.17) is 9.97 Å². The third-order valence-electron chi connectivity index (χ3n) is 4.85. The van der Waals surface area contributed by atoms with Crippen molar-refractivity contribution in [1.82, 2.24) is 24.7 Å². The minimum absolute atomic E-state index is 0.693. The number of fused-ring (bicyclic) bond motifs is 1. The molecule has 0 unspecified atom stereocenters. The van der Waals surface area contributed by atoms with E-state index in [0.29, 0.717) is 6.54 Å². The summed E-state index contributed by atoms with van der Waals surface area (Å²) >= 11 is 1.51. The SMILES string of the molecule is Cc1ccc(Nc2cc(C)c3nc(Nc4cc(Cn5cccn5)ccn4)sc3n2)cc1. The van der Waals surface area contributed by atoms with E-state index in [9.17, 15) is 0 Å². The maximum Gasteiger partial charge on any atom is 0.190 e. The number of pyridine rings is 2. The quantitative estimate of drug-likeness (QED) is 0.376. The predicted octanol–water partition coefficient (Wildman–Crippen LogP) is 5.44. The molecule has 5 rings (SSSR count). The van der Waals surface area contributed by atoms with E-state index in [1.54, 1.807) is 12.4 Å². The molecule has 0 aliphatic carbocycles. The standard InChI is InChI=1S/C23H21N7S/c1-15-4-6-18(7-5-15)26-20-12-16(2)21-22(27-20)31-23(29-21)28-19-13-17(8-10-24-19)14-30-11-3-9-25-30/h3-13H,14H2,1-2H3,(H,26,27)(H,24,28,29). The lowest BCUT2D eigenvalue weighted by molar-refractivity contribution is 0.686. The summed E-state index contributed by atoms with van der Waals surface area (Å²) in [7, 11) is 0. The molecule has 154 valence electrons. The first kappa shape index (κ1) is 19.2. The van der Waals surface area contributed by atoms with E-state index in [1.165, 1.54) is 16.9 Å². The second kappa shape index (κ2) is 8.16. The Bertz CT molecular complexity index is 1320. The molecule has 8 heteroatoms. The molecule has 31 heavy (non-hydrogen) atoms. The van der Waals surface area contributed by atoms with Crippen molar-refractivity contribution in [3.05, 3.63) is 83.8 Å². The lowest BCUT2D eigenvalue weighted by atomic mass is 10.2. The van der Waals surface area contributed by atoms with Crippen LogP contribution >= 0.6 is 11.3 Å². The van der Waals surface area contributed by atoms with Crippen LogP contribution in [0.1, 0.15) is 16.7 Å². The summed E-state index contributed by atoms with van der Waals surface area (Å²) in [4.78, 5) is 14.8. The average molecular weight is 428 g/mol. The van der Waals surface area contributed by atoms with Gasteiger partial charge in [-0.1, -0.05) is 29.0 Å². The number of nitrogens with one attached hydrogen (secondary N) is 2. The number of anilines is 4. The highest BCUT2D eigenvalue weighted by atomic mass is 32.1. The largest absolute Gasteiger partial charge is 0.340 e. The van der Waals surface area contributed by atoms with E-state index in [-0.39, 0.29) is 0 Å². The van der Waals surface area contributed by atoms with Crippen LogP contribution in [0.4, 0.5) is 22.5 Å². The molecule has 0 spiro atoms. The fourth-order valence-corrected chi connectivity index (χ4v) is 4.22. The zero-order chi connectivity index (χ0) is 21.2. The van der Waals surface area contributed by atoms with Gasteiger partial charge in [0.15, 0.2) is 5.13 Å². The van der Waals surface area contributed by atoms with Gasteiger partial charge in [-0.05, 0) is 61.4 Å². The third kappa shape index (κ3) is 4.39. The first-order valence-corrected chi connectivity index (χ1v) is 10.8. The number of aromatic nitrogens is 5. The van der Waals surface area contributed by atoms with E-state index < -0.39 is 0 Å². The molecule has 0 saturated carbocycles. The molecule has 0 atom stereocenters. The Labute approximate surface area is 183 Å². The molecule has 2 N–H and O–H groups in total. The van der Waals surface area contributed by atoms with E-state index in [1.807, 2.05) is 35.1 Å². The molecule has 7 nitrogen and oxygen atoms in total. The lowest BCUT2D eigenvalue weighted by Gasteiger charge is -2.06. The smallest absolute Gasteiger partial charge is 0.190 e. The molecule has 0 fully saturated rings. The van der Waals surface area contributed by atoms with Crippen molar-refractivity contribution in [2.45, 2.75) is 20.4 Å². The van der Waals surface area contributed by atoms with E-state index in [2.05, 4.69) is 58.8 Å². The molecule has 1 aromatic carbocycles. The van der Waals surface area contributed by atoms with Crippen LogP contribution in [0.2, 0.25) is 0 Å². The third-order valence-corrected chi connectivity index (χ3v) is 5.71. The number of hydrogen-bond acceptors (Lipinski definition) is 7. The highest BCUT2D eigenvalue weighted by Gasteiger charge is 2.11. The Kier molecular flexibility index (Phi) is 5.05. The molecule has 4 heterocycles. The van der Waals surface area contributed by atoms with Crippen molar-refractivity contribution in [2.75, 3.05) is 10.6 Å². The van der Waals surface area contributed by atoms with Crippen LogP contribution in [0.15, 0.2) is 67.1 Å². The molecule has 4 aromatic heterocycles. The minimum atomic E-state index is 0.693. The molecular weight excluding hydrogens is 406 g/mol. The summed E-state index contributed by atoms with van der Waals surface area (Å²) in [6, 6.07) is 16.2. The molecule has 0 saturated heterocycles. The Morgan fingerprint density at radius 1 is 0.935 bits per heavy atom. The summed E-state index contributed by atoms with van der Waals surface area (Å²) in [6.07, 6.45) is 5.51. The summed E-state index contributed by atoms with van der Waals surface area (Å²) in [6.45, 7) is 4.82. The number of rotatable bonds is 6. The van der Waals surface area contributed by atoms with Gasteiger partial charge in [-0.25, -0.2) is 15.0 Å². The maximum atomic E-state index is 4.76. The van der Waals surface area contributed by atoms with Crippen molar-refractivity contribution >= 4 is 44.1 Å². The summed E-state index contributed by atoms with van der Waals surface area (Å²) in [5.41, 5.74) is 5.32. The Morgan fingerprint density at radius 3 is 2.61 bits per heavy atom.